The number of thiophene rings is 1. The second kappa shape index (κ2) is 5.89. The number of fused-ring (bicyclic) bond motifs is 1. The van der Waals surface area contributed by atoms with Gasteiger partial charge in [-0.2, -0.15) is 0 Å². The summed E-state index contributed by atoms with van der Waals surface area (Å²) >= 11 is 6.54. The van der Waals surface area contributed by atoms with E-state index >= 15 is 0 Å². The molecule has 1 aliphatic rings. The lowest BCUT2D eigenvalue weighted by molar-refractivity contribution is 0.954. The van der Waals surface area contributed by atoms with Crippen molar-refractivity contribution in [3.8, 4) is 0 Å². The number of nitrogens with one attached hydrogen (secondary N) is 1. The molecule has 5 heteroatoms. The highest BCUT2D eigenvalue weighted by Crippen LogP contribution is 2.42. The average molecular weight is 329 g/mol. The molecule has 0 saturated carbocycles. The summed E-state index contributed by atoms with van der Waals surface area (Å²) in [5.41, 5.74) is 11.6. The molecule has 0 amide bonds. The van der Waals surface area contributed by atoms with E-state index in [1.807, 2.05) is 24.3 Å². The van der Waals surface area contributed by atoms with Crippen molar-refractivity contribution < 1.29 is 0 Å². The van der Waals surface area contributed by atoms with Crippen molar-refractivity contribution in [1.82, 2.24) is 4.98 Å². The Balaban J connectivity index is 2.07. The second-order valence-electron chi connectivity index (χ2n) is 5.61. The first-order valence-corrected chi connectivity index (χ1v) is 8.53. The summed E-state index contributed by atoms with van der Waals surface area (Å²) in [6.45, 7) is 4.18. The maximum atomic E-state index is 7.57. The Bertz CT molecular complexity index is 787. The first kappa shape index (κ1) is 15.3. The van der Waals surface area contributed by atoms with Crippen LogP contribution in [0, 0.1) is 19.3 Å². The minimum absolute atomic E-state index is 0.562. The van der Waals surface area contributed by atoms with Gasteiger partial charge in [-0.15, -0.1) is 24.0 Å². The van der Waals surface area contributed by atoms with Crippen molar-refractivity contribution in [2.45, 2.75) is 33.1 Å². The minimum atomic E-state index is 0.562. The lowest BCUT2D eigenvalue weighted by Gasteiger charge is -2.17. The van der Waals surface area contributed by atoms with Crippen LogP contribution < -0.4 is 5.73 Å². The number of nitrogens with two attached hydrogens (primary N) is 1. The number of allylic oxidation sites excluding steroid dienone is 1. The normalized spacial score (nSPS) is 14.1. The van der Waals surface area contributed by atoms with Crippen LogP contribution in [0.15, 0.2) is 17.7 Å². The van der Waals surface area contributed by atoms with Gasteiger partial charge in [-0.1, -0.05) is 6.07 Å². The van der Waals surface area contributed by atoms with E-state index in [-0.39, 0.29) is 0 Å². The fourth-order valence-electron chi connectivity index (χ4n) is 2.99. The Kier molecular flexibility index (Phi) is 4.10. The van der Waals surface area contributed by atoms with E-state index in [4.69, 9.17) is 23.8 Å². The van der Waals surface area contributed by atoms with Crippen LogP contribution in [0.1, 0.15) is 38.6 Å². The fraction of sp³-hybridized carbons (Fsp3) is 0.294. The molecule has 22 heavy (non-hydrogen) atoms. The van der Waals surface area contributed by atoms with E-state index in [9.17, 15) is 0 Å². The molecule has 0 aromatic carbocycles. The molecular formula is C17H19N3S2. The lowest BCUT2D eigenvalue weighted by Crippen LogP contribution is -2.04. The van der Waals surface area contributed by atoms with Gasteiger partial charge in [-0.05, 0) is 49.5 Å². The van der Waals surface area contributed by atoms with Gasteiger partial charge < -0.3 is 11.1 Å². The zero-order chi connectivity index (χ0) is 15.9. The van der Waals surface area contributed by atoms with E-state index in [1.54, 1.807) is 0 Å². The highest BCUT2D eigenvalue weighted by atomic mass is 32.1. The van der Waals surface area contributed by atoms with Crippen LogP contribution in [-0.2, 0) is 12.8 Å². The SMILES string of the molecule is Cc1nc(N)ccc1Cc1sc(C)c2c1C(S)=C(C=N)CC2. The Morgan fingerprint density at radius 2 is 2.14 bits per heavy atom. The summed E-state index contributed by atoms with van der Waals surface area (Å²) in [5, 5.41) is 7.57. The lowest BCUT2D eigenvalue weighted by atomic mass is 9.91. The zero-order valence-electron chi connectivity index (χ0n) is 12.7. The van der Waals surface area contributed by atoms with Crippen LogP contribution in [0.2, 0.25) is 0 Å². The molecule has 2 heterocycles. The molecule has 3 rings (SSSR count). The van der Waals surface area contributed by atoms with E-state index in [2.05, 4.69) is 18.0 Å². The molecule has 2 aromatic heterocycles. The van der Waals surface area contributed by atoms with Crippen LogP contribution in [-0.4, -0.2) is 11.2 Å². The van der Waals surface area contributed by atoms with Gasteiger partial charge in [0, 0.05) is 38.6 Å². The monoisotopic (exact) mass is 329 g/mol. The predicted octanol–water partition coefficient (Wildman–Crippen LogP) is 4.17. The number of nitrogen functional groups attached to an aromatic ring is 1. The summed E-state index contributed by atoms with van der Waals surface area (Å²) < 4.78 is 0. The van der Waals surface area contributed by atoms with Gasteiger partial charge in [0.25, 0.3) is 0 Å². The quantitative estimate of drug-likeness (QED) is 0.584. The Morgan fingerprint density at radius 1 is 1.36 bits per heavy atom. The smallest absolute Gasteiger partial charge is 0.123 e. The third-order valence-electron chi connectivity index (χ3n) is 4.21. The number of aryl methyl sites for hydroxylation is 2. The Hall–Kier alpha value is -1.59. The van der Waals surface area contributed by atoms with Crippen LogP contribution in [0.5, 0.6) is 0 Å². The van der Waals surface area contributed by atoms with Crippen LogP contribution in [0.4, 0.5) is 5.82 Å². The predicted molar refractivity (Wildman–Crippen MR) is 98.3 cm³/mol. The summed E-state index contributed by atoms with van der Waals surface area (Å²) in [6.07, 6.45) is 4.20. The fourth-order valence-corrected chi connectivity index (χ4v) is 4.76. The zero-order valence-corrected chi connectivity index (χ0v) is 14.4. The molecule has 0 atom stereocenters. The third-order valence-corrected chi connectivity index (χ3v) is 5.87. The number of thiol groups is 1. The minimum Gasteiger partial charge on any atom is -0.384 e. The molecule has 3 N–H and O–H groups in total. The van der Waals surface area contributed by atoms with Crippen molar-refractivity contribution in [3.63, 3.8) is 0 Å². The van der Waals surface area contributed by atoms with E-state index in [0.717, 1.165) is 35.4 Å². The van der Waals surface area contributed by atoms with Gasteiger partial charge in [0.05, 0.1) is 0 Å². The summed E-state index contributed by atoms with van der Waals surface area (Å²) in [4.78, 5) is 8.00. The van der Waals surface area contributed by atoms with Gasteiger partial charge in [-0.3, -0.25) is 0 Å². The number of rotatable bonds is 3. The number of anilines is 1. The molecule has 0 fully saturated rings. The average Bonchev–Trinajstić information content (AvgIpc) is 2.80. The van der Waals surface area contributed by atoms with Crippen LogP contribution in [0.3, 0.4) is 0 Å². The number of nitrogens with zero attached hydrogens (tertiary/aromatic N) is 1. The standard InChI is InChI=1S/C17H19N3S2/c1-9-11(4-6-15(19)20-9)7-14-16-13(10(2)22-14)5-3-12(8-18)17(16)21/h4,6,8,18,21H,3,5,7H2,1-2H3,(H2,19,20). The first-order chi connectivity index (χ1) is 10.5. The highest BCUT2D eigenvalue weighted by Gasteiger charge is 2.23. The number of hydrogen-bond acceptors (Lipinski definition) is 5. The molecule has 1 aliphatic carbocycles. The molecular weight excluding hydrogens is 310 g/mol. The van der Waals surface area contributed by atoms with Gasteiger partial charge in [0.15, 0.2) is 0 Å². The van der Waals surface area contributed by atoms with Gasteiger partial charge in [-0.25, -0.2) is 4.98 Å². The highest BCUT2D eigenvalue weighted by molar-refractivity contribution is 7.90. The van der Waals surface area contributed by atoms with E-state index in [1.165, 1.54) is 32.7 Å². The van der Waals surface area contributed by atoms with Crippen molar-refractivity contribution in [3.05, 3.63) is 49.8 Å². The van der Waals surface area contributed by atoms with E-state index in [0.29, 0.717) is 5.82 Å². The van der Waals surface area contributed by atoms with Crippen molar-refractivity contribution >= 4 is 40.9 Å². The summed E-state index contributed by atoms with van der Waals surface area (Å²) in [7, 11) is 0. The maximum Gasteiger partial charge on any atom is 0.123 e. The Morgan fingerprint density at radius 3 is 2.82 bits per heavy atom. The van der Waals surface area contributed by atoms with Crippen LogP contribution in [0.25, 0.3) is 4.91 Å². The number of aromatic nitrogens is 1. The molecule has 0 bridgehead atoms. The number of hydrogen-bond donors (Lipinski definition) is 3. The summed E-state index contributed by atoms with van der Waals surface area (Å²) in [5.74, 6) is 0.562. The Labute approximate surface area is 140 Å². The molecule has 0 saturated heterocycles. The van der Waals surface area contributed by atoms with Gasteiger partial charge in [0.2, 0.25) is 0 Å². The molecule has 0 spiro atoms. The second-order valence-corrected chi connectivity index (χ2v) is 7.37. The molecule has 0 radical (unpaired) electrons. The van der Waals surface area contributed by atoms with Gasteiger partial charge in [0.1, 0.15) is 5.82 Å². The van der Waals surface area contributed by atoms with E-state index < -0.39 is 0 Å². The van der Waals surface area contributed by atoms with Crippen LogP contribution >= 0.6 is 24.0 Å². The first-order valence-electron chi connectivity index (χ1n) is 7.27. The van der Waals surface area contributed by atoms with Crippen molar-refractivity contribution in [2.75, 3.05) is 5.73 Å². The van der Waals surface area contributed by atoms with Gasteiger partial charge >= 0.3 is 0 Å². The third kappa shape index (κ3) is 2.59. The largest absolute Gasteiger partial charge is 0.384 e. The molecule has 3 nitrogen and oxygen atoms in total. The summed E-state index contributed by atoms with van der Waals surface area (Å²) in [6, 6.07) is 3.91. The van der Waals surface area contributed by atoms with Crippen molar-refractivity contribution in [1.29, 1.82) is 5.41 Å². The molecule has 2 aromatic rings. The molecule has 0 unspecified atom stereocenters. The topological polar surface area (TPSA) is 62.8 Å². The van der Waals surface area contributed by atoms with Crippen molar-refractivity contribution in [2.24, 2.45) is 0 Å². The molecule has 0 aliphatic heterocycles. The number of pyridine rings is 1. The maximum absolute atomic E-state index is 7.57. The molecule has 114 valence electrons.